The SMILES string of the molecule is Cc1nnc(SCC(=O)N2CCC[C@H](Nc3ccc(C)c(C)c3)C2)s1. The fourth-order valence-corrected chi connectivity index (χ4v) is 4.66. The molecule has 0 bridgehead atoms. The number of aromatic nitrogens is 2. The number of carbonyl (C=O) groups excluding carboxylic acids is 1. The second-order valence-corrected chi connectivity index (χ2v) is 8.90. The first kappa shape index (κ1) is 18.2. The Bertz CT molecular complexity index is 746. The van der Waals surface area contributed by atoms with Crippen LogP contribution < -0.4 is 5.32 Å². The molecule has 1 aliphatic heterocycles. The Morgan fingerprint density at radius 2 is 2.16 bits per heavy atom. The van der Waals surface area contributed by atoms with Gasteiger partial charge in [0.15, 0.2) is 4.34 Å². The summed E-state index contributed by atoms with van der Waals surface area (Å²) in [5, 5.41) is 12.6. The minimum atomic E-state index is 0.185. The Labute approximate surface area is 157 Å². The Morgan fingerprint density at radius 3 is 2.88 bits per heavy atom. The molecule has 0 radical (unpaired) electrons. The van der Waals surface area contributed by atoms with Crippen molar-refractivity contribution in [1.82, 2.24) is 15.1 Å². The number of rotatable bonds is 5. The first-order valence-electron chi connectivity index (χ1n) is 8.56. The van der Waals surface area contributed by atoms with Gasteiger partial charge in [-0.3, -0.25) is 4.79 Å². The highest BCUT2D eigenvalue weighted by Gasteiger charge is 2.24. The zero-order valence-electron chi connectivity index (χ0n) is 14.9. The summed E-state index contributed by atoms with van der Waals surface area (Å²) in [6.45, 7) is 7.79. The maximum atomic E-state index is 12.5. The number of nitrogens with zero attached hydrogens (tertiary/aromatic N) is 3. The van der Waals surface area contributed by atoms with E-state index in [9.17, 15) is 4.79 Å². The minimum absolute atomic E-state index is 0.185. The highest BCUT2D eigenvalue weighted by Crippen LogP contribution is 2.23. The molecule has 1 amide bonds. The maximum Gasteiger partial charge on any atom is 0.233 e. The molecule has 7 heteroatoms. The van der Waals surface area contributed by atoms with Crippen molar-refractivity contribution in [3.63, 3.8) is 0 Å². The van der Waals surface area contributed by atoms with Gasteiger partial charge in [-0.1, -0.05) is 29.2 Å². The monoisotopic (exact) mass is 376 g/mol. The molecule has 0 aliphatic carbocycles. The summed E-state index contributed by atoms with van der Waals surface area (Å²) in [5.74, 6) is 0.620. The Kier molecular flexibility index (Phi) is 5.96. The van der Waals surface area contributed by atoms with Crippen LogP contribution in [-0.2, 0) is 4.79 Å². The summed E-state index contributed by atoms with van der Waals surface area (Å²) >= 11 is 3.02. The summed E-state index contributed by atoms with van der Waals surface area (Å²) < 4.78 is 0.868. The van der Waals surface area contributed by atoms with E-state index in [1.54, 1.807) is 0 Å². The minimum Gasteiger partial charge on any atom is -0.381 e. The fourth-order valence-electron chi connectivity index (χ4n) is 2.94. The van der Waals surface area contributed by atoms with Crippen molar-refractivity contribution in [2.75, 3.05) is 24.2 Å². The largest absolute Gasteiger partial charge is 0.381 e. The van der Waals surface area contributed by atoms with E-state index in [1.165, 1.54) is 34.2 Å². The number of carbonyl (C=O) groups is 1. The van der Waals surface area contributed by atoms with E-state index < -0.39 is 0 Å². The number of thioether (sulfide) groups is 1. The smallest absolute Gasteiger partial charge is 0.233 e. The van der Waals surface area contributed by atoms with Crippen LogP contribution in [0.1, 0.15) is 29.0 Å². The molecule has 5 nitrogen and oxygen atoms in total. The number of anilines is 1. The van der Waals surface area contributed by atoms with Gasteiger partial charge in [-0.05, 0) is 56.9 Å². The molecule has 1 aromatic carbocycles. The zero-order chi connectivity index (χ0) is 17.8. The molecule has 1 fully saturated rings. The molecule has 0 saturated carbocycles. The number of likely N-dealkylation sites (tertiary alicyclic amines) is 1. The van der Waals surface area contributed by atoms with E-state index in [1.807, 2.05) is 11.8 Å². The van der Waals surface area contributed by atoms with Gasteiger partial charge < -0.3 is 10.2 Å². The van der Waals surface area contributed by atoms with Gasteiger partial charge in [0.25, 0.3) is 0 Å². The Balaban J connectivity index is 1.53. The fraction of sp³-hybridized carbons (Fsp3) is 0.500. The Hall–Kier alpha value is -1.60. The van der Waals surface area contributed by atoms with Gasteiger partial charge in [0, 0.05) is 24.8 Å². The highest BCUT2D eigenvalue weighted by atomic mass is 32.2. The van der Waals surface area contributed by atoms with Crippen LogP contribution >= 0.6 is 23.1 Å². The summed E-state index contributed by atoms with van der Waals surface area (Å²) in [6, 6.07) is 6.76. The highest BCUT2D eigenvalue weighted by molar-refractivity contribution is 8.01. The van der Waals surface area contributed by atoms with Crippen LogP contribution in [0.3, 0.4) is 0 Å². The average molecular weight is 377 g/mol. The second-order valence-electron chi connectivity index (χ2n) is 6.50. The molecule has 0 unspecified atom stereocenters. The molecule has 1 aliphatic rings. The number of piperidine rings is 1. The number of aryl methyl sites for hydroxylation is 3. The zero-order valence-corrected chi connectivity index (χ0v) is 16.5. The standard InChI is InChI=1S/C18H24N4OS2/c1-12-6-7-15(9-13(12)2)19-16-5-4-8-22(10-16)17(23)11-24-18-21-20-14(3)25-18/h6-7,9,16,19H,4-5,8,10-11H2,1-3H3/t16-/m0/s1. The second kappa shape index (κ2) is 8.19. The lowest BCUT2D eigenvalue weighted by Crippen LogP contribution is -2.45. The maximum absolute atomic E-state index is 12.5. The first-order valence-corrected chi connectivity index (χ1v) is 10.4. The molecular formula is C18H24N4OS2. The molecule has 2 aromatic rings. The lowest BCUT2D eigenvalue weighted by molar-refractivity contribution is -0.129. The van der Waals surface area contributed by atoms with Gasteiger partial charge in [0.1, 0.15) is 5.01 Å². The van der Waals surface area contributed by atoms with Crippen molar-refractivity contribution in [1.29, 1.82) is 0 Å². The van der Waals surface area contributed by atoms with Gasteiger partial charge in [-0.25, -0.2) is 0 Å². The number of nitrogens with one attached hydrogen (secondary N) is 1. The van der Waals surface area contributed by atoms with Crippen molar-refractivity contribution < 1.29 is 4.79 Å². The number of benzene rings is 1. The van der Waals surface area contributed by atoms with Gasteiger partial charge in [0.2, 0.25) is 5.91 Å². The van der Waals surface area contributed by atoms with Crippen LogP contribution in [0.5, 0.6) is 0 Å². The van der Waals surface area contributed by atoms with Crippen LogP contribution in [0.25, 0.3) is 0 Å². The third-order valence-electron chi connectivity index (χ3n) is 4.48. The predicted molar refractivity (Wildman–Crippen MR) is 105 cm³/mol. The van der Waals surface area contributed by atoms with Crippen LogP contribution in [0, 0.1) is 20.8 Å². The quantitative estimate of drug-likeness (QED) is 0.807. The van der Waals surface area contributed by atoms with E-state index in [-0.39, 0.29) is 5.91 Å². The van der Waals surface area contributed by atoms with Crippen molar-refractivity contribution in [3.8, 4) is 0 Å². The van der Waals surface area contributed by atoms with Crippen LogP contribution in [-0.4, -0.2) is 45.9 Å². The van der Waals surface area contributed by atoms with E-state index >= 15 is 0 Å². The Morgan fingerprint density at radius 1 is 1.32 bits per heavy atom. The van der Waals surface area contributed by atoms with E-state index in [0.29, 0.717) is 11.8 Å². The van der Waals surface area contributed by atoms with Crippen molar-refractivity contribution in [2.45, 2.75) is 44.0 Å². The molecule has 134 valence electrons. The van der Waals surface area contributed by atoms with Gasteiger partial charge in [0.05, 0.1) is 5.75 Å². The van der Waals surface area contributed by atoms with E-state index in [2.05, 4.69) is 47.6 Å². The lowest BCUT2D eigenvalue weighted by atomic mass is 10.0. The molecule has 3 rings (SSSR count). The molecule has 1 saturated heterocycles. The number of hydrogen-bond acceptors (Lipinski definition) is 6. The molecule has 2 heterocycles. The number of hydrogen-bond donors (Lipinski definition) is 1. The van der Waals surface area contributed by atoms with E-state index in [4.69, 9.17) is 0 Å². The average Bonchev–Trinajstić information content (AvgIpc) is 3.02. The van der Waals surface area contributed by atoms with Crippen molar-refractivity contribution in [2.24, 2.45) is 0 Å². The molecule has 1 aromatic heterocycles. The van der Waals surface area contributed by atoms with Crippen LogP contribution in [0.15, 0.2) is 22.5 Å². The summed E-state index contributed by atoms with van der Waals surface area (Å²) in [5.41, 5.74) is 3.73. The van der Waals surface area contributed by atoms with Gasteiger partial charge in [-0.2, -0.15) is 0 Å². The predicted octanol–water partition coefficient (Wildman–Crippen LogP) is 3.66. The third kappa shape index (κ3) is 4.95. The molecule has 25 heavy (non-hydrogen) atoms. The summed E-state index contributed by atoms with van der Waals surface area (Å²) in [4.78, 5) is 14.5. The van der Waals surface area contributed by atoms with Crippen LogP contribution in [0.4, 0.5) is 5.69 Å². The molecule has 0 spiro atoms. The van der Waals surface area contributed by atoms with E-state index in [0.717, 1.165) is 41.0 Å². The summed E-state index contributed by atoms with van der Waals surface area (Å²) in [7, 11) is 0. The van der Waals surface area contributed by atoms with Gasteiger partial charge >= 0.3 is 0 Å². The third-order valence-corrected chi connectivity index (χ3v) is 6.44. The first-order chi connectivity index (χ1) is 12.0. The molecule has 1 atom stereocenters. The van der Waals surface area contributed by atoms with Crippen molar-refractivity contribution >= 4 is 34.7 Å². The normalized spacial score (nSPS) is 17.6. The molecule has 1 N–H and O–H groups in total. The number of amides is 1. The van der Waals surface area contributed by atoms with Gasteiger partial charge in [-0.15, -0.1) is 10.2 Å². The van der Waals surface area contributed by atoms with Crippen LogP contribution in [0.2, 0.25) is 0 Å². The lowest BCUT2D eigenvalue weighted by Gasteiger charge is -2.33. The summed E-state index contributed by atoms with van der Waals surface area (Å²) in [6.07, 6.45) is 2.14. The van der Waals surface area contributed by atoms with Crippen molar-refractivity contribution in [3.05, 3.63) is 34.3 Å². The molecular weight excluding hydrogens is 352 g/mol. The topological polar surface area (TPSA) is 58.1 Å².